The van der Waals surface area contributed by atoms with Crippen molar-refractivity contribution in [2.24, 2.45) is 0 Å². The number of aromatic nitrogens is 3. The second-order valence-corrected chi connectivity index (χ2v) is 6.98. The Kier molecular flexibility index (Phi) is 3.34. The molecule has 6 nitrogen and oxygen atoms in total. The molecular formula is C13H8BrN3O3S. The van der Waals surface area contributed by atoms with E-state index in [1.54, 1.807) is 30.3 Å². The molecular weight excluding hydrogens is 358 g/mol. The Balaban J connectivity index is 2.24. The van der Waals surface area contributed by atoms with Crippen LogP contribution >= 0.6 is 15.9 Å². The molecule has 0 bridgehead atoms. The summed E-state index contributed by atoms with van der Waals surface area (Å²) in [6.07, 6.45) is 0. The third kappa shape index (κ3) is 2.47. The summed E-state index contributed by atoms with van der Waals surface area (Å²) in [6, 6.07) is 12.5. The lowest BCUT2D eigenvalue weighted by Gasteiger charge is -2.04. The maximum absolute atomic E-state index is 12.4. The van der Waals surface area contributed by atoms with Crippen LogP contribution in [0, 0.1) is 5.21 Å². The fourth-order valence-corrected chi connectivity index (χ4v) is 3.30. The van der Waals surface area contributed by atoms with Crippen molar-refractivity contribution in [2.75, 3.05) is 0 Å². The first-order valence-electron chi connectivity index (χ1n) is 5.86. The van der Waals surface area contributed by atoms with Gasteiger partial charge in [0.15, 0.2) is 0 Å². The Bertz CT molecular complexity index is 930. The van der Waals surface area contributed by atoms with Crippen molar-refractivity contribution >= 4 is 36.8 Å². The number of hydrogen-bond donors (Lipinski definition) is 0. The third-order valence-corrected chi connectivity index (χ3v) is 4.87. The minimum absolute atomic E-state index is 0.0430. The van der Waals surface area contributed by atoms with Gasteiger partial charge in [0.25, 0.3) is 5.52 Å². The van der Waals surface area contributed by atoms with E-state index >= 15 is 0 Å². The van der Waals surface area contributed by atoms with E-state index in [0.717, 1.165) is 0 Å². The van der Waals surface area contributed by atoms with Crippen LogP contribution in [0.5, 0.6) is 0 Å². The van der Waals surface area contributed by atoms with Crippen molar-refractivity contribution in [3.63, 3.8) is 0 Å². The molecule has 21 heavy (non-hydrogen) atoms. The lowest BCUT2D eigenvalue weighted by atomic mass is 10.3. The minimum atomic E-state index is -3.92. The Labute approximate surface area is 128 Å². The molecule has 0 unspecified atom stereocenters. The van der Waals surface area contributed by atoms with E-state index in [-0.39, 0.29) is 20.8 Å². The van der Waals surface area contributed by atoms with Crippen LogP contribution in [-0.2, 0) is 9.84 Å². The van der Waals surface area contributed by atoms with Gasteiger partial charge in [-0.3, -0.25) is 0 Å². The molecule has 0 radical (unpaired) electrons. The second kappa shape index (κ2) is 5.05. The number of benzene rings is 2. The van der Waals surface area contributed by atoms with Gasteiger partial charge in [0.1, 0.15) is 5.52 Å². The molecule has 106 valence electrons. The summed E-state index contributed by atoms with van der Waals surface area (Å²) in [5, 5.41) is 14.9. The van der Waals surface area contributed by atoms with Gasteiger partial charge in [0, 0.05) is 15.6 Å². The highest BCUT2D eigenvalue weighted by Gasteiger charge is 2.25. The van der Waals surface area contributed by atoms with Gasteiger partial charge in [-0.15, -0.1) is 0 Å². The number of rotatable bonds is 2. The van der Waals surface area contributed by atoms with E-state index in [1.807, 2.05) is 0 Å². The molecule has 0 aliphatic heterocycles. The van der Waals surface area contributed by atoms with Crippen LogP contribution in [0.15, 0.2) is 63.1 Å². The molecule has 2 aromatic carbocycles. The molecule has 3 rings (SSSR count). The highest BCUT2D eigenvalue weighted by atomic mass is 79.9. The molecule has 0 aliphatic carbocycles. The maximum atomic E-state index is 12.4. The summed E-state index contributed by atoms with van der Waals surface area (Å²) >= 11 is 3.24. The molecule has 8 heteroatoms. The molecule has 1 heterocycles. The standard InChI is InChI=1S/C13H8BrN3O3S/c14-9-6-7-11-12(8-9)17(18)16-13(15-11)21(19,20)10-4-2-1-3-5-10/h1-8H. The number of halogens is 1. The fraction of sp³-hybridized carbons (Fsp3) is 0. The van der Waals surface area contributed by atoms with Gasteiger partial charge in [0.05, 0.1) is 4.90 Å². The predicted molar refractivity (Wildman–Crippen MR) is 78.1 cm³/mol. The van der Waals surface area contributed by atoms with Crippen molar-refractivity contribution in [3.8, 4) is 0 Å². The van der Waals surface area contributed by atoms with Crippen LogP contribution in [0.25, 0.3) is 11.0 Å². The Morgan fingerprint density at radius 2 is 1.81 bits per heavy atom. The largest absolute Gasteiger partial charge is 0.594 e. The molecule has 0 fully saturated rings. The molecule has 0 saturated carbocycles. The highest BCUT2D eigenvalue weighted by molar-refractivity contribution is 9.10. The Hall–Kier alpha value is -2.06. The highest BCUT2D eigenvalue weighted by Crippen LogP contribution is 2.19. The van der Waals surface area contributed by atoms with Gasteiger partial charge in [-0.2, -0.15) is 0 Å². The average molecular weight is 366 g/mol. The minimum Gasteiger partial charge on any atom is -0.594 e. The molecule has 0 aliphatic rings. The third-order valence-electron chi connectivity index (χ3n) is 2.83. The van der Waals surface area contributed by atoms with E-state index in [2.05, 4.69) is 26.0 Å². The number of fused-ring (bicyclic) bond motifs is 1. The maximum Gasteiger partial charge on any atom is 0.319 e. The van der Waals surface area contributed by atoms with E-state index in [1.165, 1.54) is 18.2 Å². The van der Waals surface area contributed by atoms with Crippen LogP contribution in [0.4, 0.5) is 0 Å². The van der Waals surface area contributed by atoms with Gasteiger partial charge in [-0.25, -0.2) is 13.4 Å². The second-order valence-electron chi connectivity index (χ2n) is 4.22. The zero-order chi connectivity index (χ0) is 15.0. The van der Waals surface area contributed by atoms with Gasteiger partial charge >= 0.3 is 5.16 Å². The Morgan fingerprint density at radius 3 is 2.52 bits per heavy atom. The lowest BCUT2D eigenvalue weighted by molar-refractivity contribution is -0.647. The Morgan fingerprint density at radius 1 is 1.10 bits per heavy atom. The van der Waals surface area contributed by atoms with Crippen molar-refractivity contribution in [3.05, 3.63) is 58.2 Å². The zero-order valence-electron chi connectivity index (χ0n) is 10.5. The van der Waals surface area contributed by atoms with Crippen molar-refractivity contribution in [2.45, 2.75) is 10.1 Å². The van der Waals surface area contributed by atoms with E-state index in [9.17, 15) is 13.6 Å². The van der Waals surface area contributed by atoms with Crippen molar-refractivity contribution < 1.29 is 13.3 Å². The summed E-state index contributed by atoms with van der Waals surface area (Å²) in [6.45, 7) is 0. The predicted octanol–water partition coefficient (Wildman–Crippen LogP) is 1.86. The quantitative estimate of drug-likeness (QED) is 0.510. The van der Waals surface area contributed by atoms with Crippen molar-refractivity contribution in [1.29, 1.82) is 0 Å². The van der Waals surface area contributed by atoms with Gasteiger partial charge in [0.2, 0.25) is 9.84 Å². The molecule has 0 amide bonds. The van der Waals surface area contributed by atoms with Crippen LogP contribution in [0.3, 0.4) is 0 Å². The van der Waals surface area contributed by atoms with Gasteiger partial charge < -0.3 is 5.21 Å². The summed E-state index contributed by atoms with van der Waals surface area (Å²) < 4.78 is 25.5. The first-order valence-corrected chi connectivity index (χ1v) is 8.13. The number of hydrogen-bond acceptors (Lipinski definition) is 5. The number of sulfone groups is 1. The SMILES string of the molecule is O=S(=O)(c1ccccc1)c1nc2ccc(Br)cc2[n+]([O-])n1. The van der Waals surface area contributed by atoms with Crippen molar-refractivity contribution in [1.82, 2.24) is 10.1 Å². The van der Waals surface area contributed by atoms with Gasteiger partial charge in [-0.1, -0.05) is 34.1 Å². The normalized spacial score (nSPS) is 11.7. The molecule has 0 N–H and O–H groups in total. The first-order chi connectivity index (χ1) is 9.98. The summed E-state index contributed by atoms with van der Waals surface area (Å²) in [7, 11) is -3.92. The summed E-state index contributed by atoms with van der Waals surface area (Å²) in [5.74, 6) is 0. The van der Waals surface area contributed by atoms with Crippen LogP contribution in [-0.4, -0.2) is 18.5 Å². The van der Waals surface area contributed by atoms with Crippen LogP contribution in [0.2, 0.25) is 0 Å². The molecule has 0 atom stereocenters. The molecule has 1 aromatic heterocycles. The first kappa shape index (κ1) is 13.9. The van der Waals surface area contributed by atoms with E-state index in [0.29, 0.717) is 4.47 Å². The topological polar surface area (TPSA) is 86.9 Å². The van der Waals surface area contributed by atoms with Crippen LogP contribution in [0.1, 0.15) is 0 Å². The van der Waals surface area contributed by atoms with Gasteiger partial charge in [-0.05, 0) is 29.1 Å². The molecule has 0 spiro atoms. The monoisotopic (exact) mass is 365 g/mol. The fourth-order valence-electron chi connectivity index (χ4n) is 1.82. The summed E-state index contributed by atoms with van der Waals surface area (Å²) in [5.41, 5.74) is 0.453. The zero-order valence-corrected chi connectivity index (χ0v) is 12.9. The smallest absolute Gasteiger partial charge is 0.319 e. The van der Waals surface area contributed by atoms with E-state index < -0.39 is 15.0 Å². The summed E-state index contributed by atoms with van der Waals surface area (Å²) in [4.78, 5) is 4.29. The molecule has 3 aromatic rings. The average Bonchev–Trinajstić information content (AvgIpc) is 2.48. The number of nitrogens with zero attached hydrogens (tertiary/aromatic N) is 3. The van der Waals surface area contributed by atoms with E-state index in [4.69, 9.17) is 0 Å². The van der Waals surface area contributed by atoms with Crippen LogP contribution < -0.4 is 4.85 Å². The lowest BCUT2D eigenvalue weighted by Crippen LogP contribution is -2.34. The molecule has 0 saturated heterocycles.